The van der Waals surface area contributed by atoms with E-state index < -0.39 is 10.8 Å². The van der Waals surface area contributed by atoms with E-state index in [1.54, 1.807) is 12.1 Å². The third-order valence-electron chi connectivity index (χ3n) is 4.25. The molecule has 0 radical (unpaired) electrons. The van der Waals surface area contributed by atoms with Crippen LogP contribution in [0.4, 0.5) is 11.4 Å². The highest BCUT2D eigenvalue weighted by Crippen LogP contribution is 2.25. The first-order valence-corrected chi connectivity index (χ1v) is 11.4. The fourth-order valence-corrected chi connectivity index (χ4v) is 3.73. The zero-order valence-corrected chi connectivity index (χ0v) is 20.7. The monoisotopic (exact) mass is 651 g/mol. The van der Waals surface area contributed by atoms with E-state index in [1.807, 2.05) is 36.4 Å². The van der Waals surface area contributed by atoms with Gasteiger partial charge in [0.15, 0.2) is 0 Å². The summed E-state index contributed by atoms with van der Waals surface area (Å²) in [6.07, 6.45) is 1.46. The molecule has 0 bridgehead atoms. The predicted molar refractivity (Wildman–Crippen MR) is 138 cm³/mol. The number of nitriles is 1. The molecule has 7 nitrogen and oxygen atoms in total. The smallest absolute Gasteiger partial charge is 0.271 e. The van der Waals surface area contributed by atoms with Gasteiger partial charge in [0.1, 0.15) is 24.0 Å². The molecule has 1 amide bonds. The lowest BCUT2D eigenvalue weighted by Gasteiger charge is -2.09. The van der Waals surface area contributed by atoms with Gasteiger partial charge in [0, 0.05) is 21.4 Å². The molecule has 0 atom stereocenters. The lowest BCUT2D eigenvalue weighted by atomic mass is 10.1. The fourth-order valence-electron chi connectivity index (χ4n) is 2.68. The molecular formula is C23H15I2N3O4. The Morgan fingerprint density at radius 1 is 1.12 bits per heavy atom. The van der Waals surface area contributed by atoms with Crippen LogP contribution in [0.3, 0.4) is 0 Å². The Balaban J connectivity index is 1.71. The molecule has 3 aromatic rings. The highest BCUT2D eigenvalue weighted by atomic mass is 127. The van der Waals surface area contributed by atoms with Crippen molar-refractivity contribution < 1.29 is 14.5 Å². The minimum absolute atomic E-state index is 0.125. The first kappa shape index (κ1) is 23.7. The van der Waals surface area contributed by atoms with Crippen LogP contribution in [0.15, 0.2) is 72.3 Å². The lowest BCUT2D eigenvalue weighted by Crippen LogP contribution is -2.13. The van der Waals surface area contributed by atoms with Gasteiger partial charge in [-0.1, -0.05) is 24.3 Å². The molecule has 0 fully saturated rings. The second-order valence-electron chi connectivity index (χ2n) is 6.54. The maximum Gasteiger partial charge on any atom is 0.271 e. The number of non-ortho nitro benzene ring substituents is 1. The van der Waals surface area contributed by atoms with Gasteiger partial charge in [-0.2, -0.15) is 5.26 Å². The van der Waals surface area contributed by atoms with Crippen molar-refractivity contribution in [3.05, 3.63) is 101 Å². The highest BCUT2D eigenvalue weighted by molar-refractivity contribution is 14.1. The molecule has 3 aromatic carbocycles. The Labute approximate surface area is 211 Å². The number of halogens is 2. The van der Waals surface area contributed by atoms with E-state index in [0.717, 1.165) is 12.7 Å². The van der Waals surface area contributed by atoms with Crippen LogP contribution in [0.2, 0.25) is 0 Å². The number of hydrogen-bond acceptors (Lipinski definition) is 5. The molecule has 160 valence electrons. The number of ether oxygens (including phenoxy) is 1. The van der Waals surface area contributed by atoms with E-state index in [2.05, 4.69) is 50.5 Å². The Kier molecular flexibility index (Phi) is 8.18. The number of rotatable bonds is 7. The van der Waals surface area contributed by atoms with E-state index in [4.69, 9.17) is 4.74 Å². The number of benzene rings is 3. The largest absolute Gasteiger partial charge is 0.488 e. The van der Waals surface area contributed by atoms with Gasteiger partial charge < -0.3 is 10.1 Å². The van der Waals surface area contributed by atoms with Crippen LogP contribution < -0.4 is 10.1 Å². The topological polar surface area (TPSA) is 105 Å². The molecule has 0 aliphatic carbocycles. The van der Waals surface area contributed by atoms with Crippen molar-refractivity contribution in [2.75, 3.05) is 5.32 Å². The van der Waals surface area contributed by atoms with E-state index in [0.29, 0.717) is 17.9 Å². The number of hydrogen-bond donors (Lipinski definition) is 1. The Hall–Kier alpha value is -2.98. The molecular weight excluding hydrogens is 636 g/mol. The fraction of sp³-hybridized carbons (Fsp3) is 0.0435. The minimum atomic E-state index is -0.651. The van der Waals surface area contributed by atoms with Crippen molar-refractivity contribution >= 4 is 68.5 Å². The van der Waals surface area contributed by atoms with E-state index >= 15 is 0 Å². The van der Waals surface area contributed by atoms with Gasteiger partial charge in [0.2, 0.25) is 0 Å². The van der Waals surface area contributed by atoms with Crippen molar-refractivity contribution in [3.63, 3.8) is 0 Å². The van der Waals surface area contributed by atoms with Gasteiger partial charge in [0.05, 0.1) is 8.49 Å². The summed E-state index contributed by atoms with van der Waals surface area (Å²) in [6, 6.07) is 20.8. The molecule has 0 spiro atoms. The van der Waals surface area contributed by atoms with E-state index in [-0.39, 0.29) is 16.9 Å². The number of nitrogens with one attached hydrogen (secondary N) is 1. The van der Waals surface area contributed by atoms with Gasteiger partial charge in [-0.3, -0.25) is 14.9 Å². The zero-order valence-electron chi connectivity index (χ0n) is 16.4. The number of nitro groups is 1. The SMILES string of the molecule is N#C/C(=C\c1ccc(OCc2ccc(I)cc2)c(I)c1)C(=O)Nc1cccc([N+](=O)[O-])c1. The maximum atomic E-state index is 12.5. The number of nitro benzene ring substituents is 1. The lowest BCUT2D eigenvalue weighted by molar-refractivity contribution is -0.384. The highest BCUT2D eigenvalue weighted by Gasteiger charge is 2.13. The summed E-state index contributed by atoms with van der Waals surface area (Å²) in [6.45, 7) is 0.428. The number of anilines is 1. The first-order chi connectivity index (χ1) is 15.4. The summed E-state index contributed by atoms with van der Waals surface area (Å²) < 4.78 is 7.86. The standard InChI is InChI=1S/C23H15I2N3O4/c24-18-7-4-15(5-8-18)14-32-22-9-6-16(11-21(22)25)10-17(13-26)23(29)27-19-2-1-3-20(12-19)28(30)31/h1-12H,14H2,(H,27,29)/b17-10+. The summed E-state index contributed by atoms with van der Waals surface area (Å²) in [5.41, 5.74) is 1.66. The summed E-state index contributed by atoms with van der Waals surface area (Å²) in [4.78, 5) is 22.8. The third-order valence-corrected chi connectivity index (χ3v) is 5.82. The molecule has 0 aliphatic rings. The van der Waals surface area contributed by atoms with Crippen LogP contribution in [-0.4, -0.2) is 10.8 Å². The predicted octanol–water partition coefficient (Wildman–Crippen LogP) is 5.93. The third kappa shape index (κ3) is 6.51. The average molecular weight is 651 g/mol. The molecule has 0 saturated heterocycles. The summed E-state index contributed by atoms with van der Waals surface area (Å²) in [7, 11) is 0. The van der Waals surface area contributed by atoms with Crippen LogP contribution >= 0.6 is 45.2 Å². The van der Waals surface area contributed by atoms with Crippen molar-refractivity contribution in [3.8, 4) is 11.8 Å². The minimum Gasteiger partial charge on any atom is -0.488 e. The first-order valence-electron chi connectivity index (χ1n) is 9.20. The molecule has 0 aromatic heterocycles. The number of amides is 1. The van der Waals surface area contributed by atoms with Crippen LogP contribution in [0.25, 0.3) is 6.08 Å². The molecule has 3 rings (SSSR count). The summed E-state index contributed by atoms with van der Waals surface area (Å²) in [5, 5.41) is 22.8. The second kappa shape index (κ2) is 11.1. The van der Waals surface area contributed by atoms with Crippen molar-refractivity contribution in [2.24, 2.45) is 0 Å². The van der Waals surface area contributed by atoms with Crippen molar-refractivity contribution in [2.45, 2.75) is 6.61 Å². The summed E-state index contributed by atoms with van der Waals surface area (Å²) in [5.74, 6) is 0.0443. The average Bonchev–Trinajstić information content (AvgIpc) is 2.78. The van der Waals surface area contributed by atoms with Crippen LogP contribution in [0.5, 0.6) is 5.75 Å². The van der Waals surface area contributed by atoms with Crippen molar-refractivity contribution in [1.29, 1.82) is 5.26 Å². The quantitative estimate of drug-likeness (QED) is 0.112. The van der Waals surface area contributed by atoms with Gasteiger partial charge in [-0.25, -0.2) is 0 Å². The van der Waals surface area contributed by atoms with Crippen LogP contribution in [-0.2, 0) is 11.4 Å². The van der Waals surface area contributed by atoms with Gasteiger partial charge >= 0.3 is 0 Å². The van der Waals surface area contributed by atoms with Gasteiger partial charge in [0.25, 0.3) is 11.6 Å². The van der Waals surface area contributed by atoms with E-state index in [9.17, 15) is 20.2 Å². The Morgan fingerprint density at radius 2 is 1.88 bits per heavy atom. The van der Waals surface area contributed by atoms with Crippen LogP contribution in [0, 0.1) is 28.6 Å². The molecule has 1 N–H and O–H groups in total. The molecule has 0 heterocycles. The second-order valence-corrected chi connectivity index (χ2v) is 8.94. The molecule has 32 heavy (non-hydrogen) atoms. The number of nitrogens with zero attached hydrogens (tertiary/aromatic N) is 2. The van der Waals surface area contributed by atoms with Crippen molar-refractivity contribution in [1.82, 2.24) is 0 Å². The Morgan fingerprint density at radius 3 is 2.53 bits per heavy atom. The van der Waals surface area contributed by atoms with Gasteiger partial charge in [-0.05, 0) is 92.7 Å². The Bertz CT molecular complexity index is 1230. The van der Waals surface area contributed by atoms with Gasteiger partial charge in [-0.15, -0.1) is 0 Å². The normalized spacial score (nSPS) is 10.8. The zero-order chi connectivity index (χ0) is 23.1. The number of carbonyl (C=O) groups excluding carboxylic acids is 1. The maximum absolute atomic E-state index is 12.5. The summed E-state index contributed by atoms with van der Waals surface area (Å²) >= 11 is 4.38. The molecule has 0 aliphatic heterocycles. The molecule has 9 heteroatoms. The number of carbonyl (C=O) groups is 1. The van der Waals surface area contributed by atoms with E-state index in [1.165, 1.54) is 30.3 Å². The van der Waals surface area contributed by atoms with Crippen LogP contribution in [0.1, 0.15) is 11.1 Å². The molecule has 0 unspecified atom stereocenters. The molecule has 0 saturated carbocycles.